The van der Waals surface area contributed by atoms with Crippen molar-refractivity contribution in [2.75, 3.05) is 5.32 Å². The molecule has 0 fully saturated rings. The zero-order valence-electron chi connectivity index (χ0n) is 13.6. The molecule has 0 aliphatic rings. The Morgan fingerprint density at radius 2 is 1.71 bits per heavy atom. The van der Waals surface area contributed by atoms with E-state index >= 15 is 0 Å². The van der Waals surface area contributed by atoms with Gasteiger partial charge in [0.25, 0.3) is 0 Å². The third-order valence-corrected chi connectivity index (χ3v) is 5.15. The number of hydrogen-bond donors (Lipinski definition) is 2. The summed E-state index contributed by atoms with van der Waals surface area (Å²) in [6.45, 7) is 4.93. The number of carbonyl (C=O) groups excluding carboxylic acids is 1. The van der Waals surface area contributed by atoms with Crippen molar-refractivity contribution in [1.29, 1.82) is 0 Å². The van der Waals surface area contributed by atoms with Gasteiger partial charge in [-0.05, 0) is 62.2 Å². The summed E-state index contributed by atoms with van der Waals surface area (Å²) in [5.74, 6) is -0.952. The minimum Gasteiger partial charge on any atom is -0.325 e. The smallest absolute Gasteiger partial charge is 0.242 e. The monoisotopic (exact) mass is 350 g/mol. The van der Waals surface area contributed by atoms with Crippen LogP contribution < -0.4 is 10.0 Å². The molecule has 24 heavy (non-hydrogen) atoms. The van der Waals surface area contributed by atoms with Crippen molar-refractivity contribution in [3.8, 4) is 0 Å². The van der Waals surface area contributed by atoms with Gasteiger partial charge in [0.2, 0.25) is 15.9 Å². The predicted molar refractivity (Wildman–Crippen MR) is 90.7 cm³/mol. The number of amides is 1. The average Bonchev–Trinajstić information content (AvgIpc) is 2.51. The lowest BCUT2D eigenvalue weighted by Gasteiger charge is -2.16. The van der Waals surface area contributed by atoms with Crippen LogP contribution >= 0.6 is 0 Å². The Kier molecular flexibility index (Phi) is 5.36. The fourth-order valence-corrected chi connectivity index (χ4v) is 3.66. The molecule has 0 aliphatic heterocycles. The Morgan fingerprint density at radius 3 is 2.33 bits per heavy atom. The highest BCUT2D eigenvalue weighted by molar-refractivity contribution is 7.89. The van der Waals surface area contributed by atoms with E-state index in [4.69, 9.17) is 0 Å². The van der Waals surface area contributed by atoms with Gasteiger partial charge in [-0.15, -0.1) is 0 Å². The van der Waals surface area contributed by atoms with E-state index in [1.54, 1.807) is 26.0 Å². The van der Waals surface area contributed by atoms with Crippen molar-refractivity contribution in [3.63, 3.8) is 0 Å². The average molecular weight is 350 g/mol. The molecule has 0 aromatic heterocycles. The maximum Gasteiger partial charge on any atom is 0.242 e. The van der Waals surface area contributed by atoms with Gasteiger partial charge in [-0.3, -0.25) is 4.79 Å². The van der Waals surface area contributed by atoms with Crippen LogP contribution in [-0.4, -0.2) is 20.4 Å². The van der Waals surface area contributed by atoms with Gasteiger partial charge in [0.05, 0.1) is 10.9 Å². The van der Waals surface area contributed by atoms with E-state index < -0.39 is 27.8 Å². The fourth-order valence-electron chi connectivity index (χ4n) is 2.13. The largest absolute Gasteiger partial charge is 0.325 e. The molecule has 0 bridgehead atoms. The molecule has 0 saturated carbocycles. The number of sulfonamides is 1. The summed E-state index contributed by atoms with van der Waals surface area (Å²) in [4.78, 5) is 12.3. The molecule has 0 unspecified atom stereocenters. The van der Waals surface area contributed by atoms with Crippen LogP contribution in [0.3, 0.4) is 0 Å². The first-order valence-corrected chi connectivity index (χ1v) is 8.83. The van der Waals surface area contributed by atoms with E-state index in [9.17, 15) is 17.6 Å². The van der Waals surface area contributed by atoms with Crippen LogP contribution in [0, 0.1) is 19.7 Å². The molecule has 1 atom stereocenters. The maximum atomic E-state index is 12.9. The van der Waals surface area contributed by atoms with Gasteiger partial charge in [-0.1, -0.05) is 12.1 Å². The second kappa shape index (κ2) is 7.11. The number of anilines is 1. The SMILES string of the molecule is Cc1ccc(C)c(S(=O)(=O)N[C@@H](C)C(=O)Nc2ccc(F)cc2)c1. The molecule has 2 aromatic carbocycles. The van der Waals surface area contributed by atoms with Gasteiger partial charge in [0, 0.05) is 5.69 Å². The number of rotatable bonds is 5. The molecular formula is C17H19FN2O3S. The second-order valence-electron chi connectivity index (χ2n) is 5.61. The van der Waals surface area contributed by atoms with Crippen LogP contribution in [0.15, 0.2) is 47.4 Å². The van der Waals surface area contributed by atoms with Crippen LogP contribution in [0.2, 0.25) is 0 Å². The molecule has 7 heteroatoms. The highest BCUT2D eigenvalue weighted by atomic mass is 32.2. The topological polar surface area (TPSA) is 75.3 Å². The van der Waals surface area contributed by atoms with Gasteiger partial charge in [0.1, 0.15) is 5.82 Å². The number of carbonyl (C=O) groups is 1. The number of hydrogen-bond acceptors (Lipinski definition) is 3. The van der Waals surface area contributed by atoms with Crippen molar-refractivity contribution in [2.24, 2.45) is 0 Å². The van der Waals surface area contributed by atoms with E-state index in [1.165, 1.54) is 31.2 Å². The van der Waals surface area contributed by atoms with E-state index in [1.807, 2.05) is 6.07 Å². The zero-order valence-corrected chi connectivity index (χ0v) is 14.4. The Hall–Kier alpha value is -2.25. The standard InChI is InChI=1S/C17H19FN2O3S/c1-11-4-5-12(2)16(10-11)24(22,23)20-13(3)17(21)19-15-8-6-14(18)7-9-15/h4-10,13,20H,1-3H3,(H,19,21)/t13-/m0/s1. The van der Waals surface area contributed by atoms with Crippen LogP contribution in [-0.2, 0) is 14.8 Å². The van der Waals surface area contributed by atoms with Crippen LogP contribution in [0.4, 0.5) is 10.1 Å². The van der Waals surface area contributed by atoms with Crippen molar-refractivity contribution in [1.82, 2.24) is 4.72 Å². The number of aryl methyl sites for hydroxylation is 2. The predicted octanol–water partition coefficient (Wildman–Crippen LogP) is 2.75. The zero-order chi connectivity index (χ0) is 17.9. The molecular weight excluding hydrogens is 331 g/mol. The maximum absolute atomic E-state index is 12.9. The summed E-state index contributed by atoms with van der Waals surface area (Å²) >= 11 is 0. The van der Waals surface area contributed by atoms with E-state index in [0.29, 0.717) is 11.3 Å². The fraction of sp³-hybridized carbons (Fsp3) is 0.235. The Labute approximate surface area is 141 Å². The summed E-state index contributed by atoms with van der Waals surface area (Å²) < 4.78 is 40.2. The van der Waals surface area contributed by atoms with Gasteiger partial charge >= 0.3 is 0 Å². The molecule has 128 valence electrons. The highest BCUT2D eigenvalue weighted by Gasteiger charge is 2.23. The minimum atomic E-state index is -3.83. The molecule has 2 N–H and O–H groups in total. The molecule has 0 radical (unpaired) electrons. The van der Waals surface area contributed by atoms with Crippen molar-refractivity contribution < 1.29 is 17.6 Å². The molecule has 0 heterocycles. The van der Waals surface area contributed by atoms with Gasteiger partial charge in [-0.2, -0.15) is 4.72 Å². The Balaban J connectivity index is 2.12. The minimum absolute atomic E-state index is 0.143. The second-order valence-corrected chi connectivity index (χ2v) is 7.29. The van der Waals surface area contributed by atoms with Gasteiger partial charge < -0.3 is 5.32 Å². The summed E-state index contributed by atoms with van der Waals surface area (Å²) in [6.07, 6.45) is 0. The lowest BCUT2D eigenvalue weighted by atomic mass is 10.2. The molecule has 0 aliphatic carbocycles. The first-order chi connectivity index (χ1) is 11.2. The molecule has 2 rings (SSSR count). The van der Waals surface area contributed by atoms with Crippen molar-refractivity contribution in [3.05, 3.63) is 59.4 Å². The molecule has 2 aromatic rings. The van der Waals surface area contributed by atoms with Gasteiger partial charge in [0.15, 0.2) is 0 Å². The van der Waals surface area contributed by atoms with Crippen molar-refractivity contribution >= 4 is 21.6 Å². The summed E-state index contributed by atoms with van der Waals surface area (Å²) in [5.41, 5.74) is 1.79. The molecule has 0 spiro atoms. The lowest BCUT2D eigenvalue weighted by Crippen LogP contribution is -2.41. The number of nitrogens with one attached hydrogen (secondary N) is 2. The normalized spacial score (nSPS) is 12.7. The molecule has 1 amide bonds. The summed E-state index contributed by atoms with van der Waals surface area (Å²) in [7, 11) is -3.83. The van der Waals surface area contributed by atoms with Crippen LogP contribution in [0.1, 0.15) is 18.1 Å². The van der Waals surface area contributed by atoms with E-state index in [2.05, 4.69) is 10.0 Å². The third kappa shape index (κ3) is 4.39. The number of halogens is 1. The molecule has 0 saturated heterocycles. The van der Waals surface area contributed by atoms with Gasteiger partial charge in [-0.25, -0.2) is 12.8 Å². The Morgan fingerprint density at radius 1 is 1.08 bits per heavy atom. The van der Waals surface area contributed by atoms with Crippen LogP contribution in [0.5, 0.6) is 0 Å². The third-order valence-electron chi connectivity index (χ3n) is 3.47. The summed E-state index contributed by atoms with van der Waals surface area (Å²) in [5, 5.41) is 2.54. The number of benzene rings is 2. The van der Waals surface area contributed by atoms with Crippen molar-refractivity contribution in [2.45, 2.75) is 31.7 Å². The first kappa shape index (κ1) is 18.1. The van der Waals surface area contributed by atoms with E-state index in [-0.39, 0.29) is 4.90 Å². The lowest BCUT2D eigenvalue weighted by molar-refractivity contribution is -0.117. The molecule has 5 nitrogen and oxygen atoms in total. The van der Waals surface area contributed by atoms with Crippen LogP contribution in [0.25, 0.3) is 0 Å². The van der Waals surface area contributed by atoms with E-state index in [0.717, 1.165) is 5.56 Å². The quantitative estimate of drug-likeness (QED) is 0.871. The Bertz CT molecular complexity index is 849. The highest BCUT2D eigenvalue weighted by Crippen LogP contribution is 2.17. The first-order valence-electron chi connectivity index (χ1n) is 7.35. The summed E-state index contributed by atoms with van der Waals surface area (Å²) in [6, 6.07) is 9.33.